The van der Waals surface area contributed by atoms with E-state index >= 15 is 0 Å². The van der Waals surface area contributed by atoms with Gasteiger partial charge < -0.3 is 28.6 Å². The van der Waals surface area contributed by atoms with Crippen LogP contribution >= 0.6 is 0 Å². The maximum atomic E-state index is 12.8. The van der Waals surface area contributed by atoms with Crippen LogP contribution in [0, 0.1) is 0 Å². The average molecular weight is 882 g/mol. The van der Waals surface area contributed by atoms with Gasteiger partial charge in [-0.1, -0.05) is 183 Å². The number of allylic oxidation sites excluding steroid dienone is 12. The summed E-state index contributed by atoms with van der Waals surface area (Å²) >= 11 is 0. The van der Waals surface area contributed by atoms with Gasteiger partial charge in [0, 0.05) is 19.3 Å². The van der Waals surface area contributed by atoms with E-state index < -0.39 is 18.1 Å². The number of aliphatic carboxylic acids is 1. The van der Waals surface area contributed by atoms with Gasteiger partial charge in [-0.2, -0.15) is 0 Å². The van der Waals surface area contributed by atoms with E-state index in [1.54, 1.807) is 21.1 Å². The Labute approximate surface area is 387 Å². The summed E-state index contributed by atoms with van der Waals surface area (Å²) in [5.41, 5.74) is 0. The molecule has 0 aromatic rings. The normalized spacial score (nSPS) is 13.5. The van der Waals surface area contributed by atoms with E-state index in [4.69, 9.17) is 14.2 Å². The molecule has 0 rings (SSSR count). The standard InChI is InChI=1S/C55H95NO7/c1-6-8-10-12-14-16-18-20-22-24-26-28-30-32-34-36-38-40-42-44-46-54(58)63-51(49-61-48-47-52(55(59)60)56(3,4)5)50-62-53(57)45-43-41-39-37-35-33-31-29-27-25-23-21-19-17-15-13-11-9-7-2/h8,10,14-17,19-22,26,28,51-52H,6-7,9,11-13,18,23-25,27,29-50H2,1-5H3/b10-8+,16-14+,17-15+,21-19+,22-20+,28-26+. The summed E-state index contributed by atoms with van der Waals surface area (Å²) in [5.74, 6) is -1.75. The number of hydrogen-bond acceptors (Lipinski definition) is 7. The van der Waals surface area contributed by atoms with E-state index in [-0.39, 0.29) is 42.7 Å². The zero-order valence-corrected chi connectivity index (χ0v) is 41.2. The maximum Gasteiger partial charge on any atom is 0.306 e. The molecular formula is C55H95NO7. The molecule has 0 aromatic carbocycles. The molecule has 0 aliphatic carbocycles. The number of likely N-dealkylation sites (N-methyl/N-ethyl adjacent to an activating group) is 1. The highest BCUT2D eigenvalue weighted by molar-refractivity contribution is 5.70. The third kappa shape index (κ3) is 43.8. The van der Waals surface area contributed by atoms with Gasteiger partial charge in [0.15, 0.2) is 6.10 Å². The Balaban J connectivity index is 4.28. The molecule has 2 unspecified atom stereocenters. The lowest BCUT2D eigenvalue weighted by atomic mass is 10.1. The van der Waals surface area contributed by atoms with Crippen LogP contribution in [-0.4, -0.2) is 75.5 Å². The second-order valence-electron chi connectivity index (χ2n) is 18.1. The van der Waals surface area contributed by atoms with Crippen molar-refractivity contribution in [1.82, 2.24) is 0 Å². The quantitative estimate of drug-likeness (QED) is 0.0197. The monoisotopic (exact) mass is 882 g/mol. The fourth-order valence-corrected chi connectivity index (χ4v) is 7.17. The first kappa shape index (κ1) is 59.8. The van der Waals surface area contributed by atoms with Gasteiger partial charge in [0.1, 0.15) is 12.6 Å². The minimum absolute atomic E-state index is 0.0325. The molecule has 0 aromatic heterocycles. The fourth-order valence-electron chi connectivity index (χ4n) is 7.17. The number of carboxylic acids is 1. The topological polar surface area (TPSA) is 102 Å². The molecule has 0 spiro atoms. The highest BCUT2D eigenvalue weighted by Crippen LogP contribution is 2.15. The van der Waals surface area contributed by atoms with Crippen LogP contribution in [0.5, 0.6) is 0 Å². The molecule has 0 heterocycles. The van der Waals surface area contributed by atoms with Crippen LogP contribution in [0.2, 0.25) is 0 Å². The third-order valence-corrected chi connectivity index (χ3v) is 11.1. The van der Waals surface area contributed by atoms with Crippen LogP contribution in [0.15, 0.2) is 72.9 Å². The first-order valence-electron chi connectivity index (χ1n) is 25.5. The van der Waals surface area contributed by atoms with Gasteiger partial charge in [-0.3, -0.25) is 9.59 Å². The highest BCUT2D eigenvalue weighted by atomic mass is 16.6. The Morgan fingerprint density at radius 1 is 0.508 bits per heavy atom. The van der Waals surface area contributed by atoms with Gasteiger partial charge >= 0.3 is 11.9 Å². The number of rotatable bonds is 45. The molecule has 63 heavy (non-hydrogen) atoms. The van der Waals surface area contributed by atoms with Crippen molar-refractivity contribution in [3.8, 4) is 0 Å². The second-order valence-corrected chi connectivity index (χ2v) is 18.1. The van der Waals surface area contributed by atoms with Crippen molar-refractivity contribution >= 4 is 17.9 Å². The zero-order valence-electron chi connectivity index (χ0n) is 41.2. The van der Waals surface area contributed by atoms with E-state index in [0.717, 1.165) is 77.0 Å². The van der Waals surface area contributed by atoms with Gasteiger partial charge in [0.2, 0.25) is 0 Å². The van der Waals surface area contributed by atoms with Gasteiger partial charge in [-0.15, -0.1) is 0 Å². The van der Waals surface area contributed by atoms with Crippen molar-refractivity contribution in [3.63, 3.8) is 0 Å². The predicted molar refractivity (Wildman–Crippen MR) is 263 cm³/mol. The van der Waals surface area contributed by atoms with Crippen molar-refractivity contribution in [3.05, 3.63) is 72.9 Å². The first-order valence-corrected chi connectivity index (χ1v) is 25.5. The lowest BCUT2D eigenvalue weighted by Crippen LogP contribution is -2.55. The number of nitrogens with zero attached hydrogens (tertiary/aromatic N) is 1. The minimum Gasteiger partial charge on any atom is -0.544 e. The number of unbranched alkanes of at least 4 members (excludes halogenated alkanes) is 20. The smallest absolute Gasteiger partial charge is 0.306 e. The van der Waals surface area contributed by atoms with Gasteiger partial charge in [0.25, 0.3) is 0 Å². The Kier molecular flexibility index (Phi) is 43.0. The summed E-state index contributed by atoms with van der Waals surface area (Å²) in [6.07, 6.45) is 57.8. The lowest BCUT2D eigenvalue weighted by Gasteiger charge is -2.34. The molecule has 2 atom stereocenters. The number of carbonyl (C=O) groups is 3. The number of ether oxygens (including phenoxy) is 3. The highest BCUT2D eigenvalue weighted by Gasteiger charge is 2.25. The largest absolute Gasteiger partial charge is 0.544 e. The van der Waals surface area contributed by atoms with E-state index in [2.05, 4.69) is 86.8 Å². The fraction of sp³-hybridized carbons (Fsp3) is 0.727. The summed E-state index contributed by atoms with van der Waals surface area (Å²) < 4.78 is 17.2. The molecule has 0 saturated carbocycles. The Morgan fingerprint density at radius 3 is 1.41 bits per heavy atom. The minimum atomic E-state index is -1.13. The molecule has 0 aliphatic heterocycles. The molecule has 0 aliphatic rings. The summed E-state index contributed by atoms with van der Waals surface area (Å²) in [6.45, 7) is 4.52. The molecule has 0 fully saturated rings. The Hall–Kier alpha value is -3.23. The van der Waals surface area contributed by atoms with Crippen LogP contribution in [0.25, 0.3) is 0 Å². The summed E-state index contributed by atoms with van der Waals surface area (Å²) in [4.78, 5) is 37.0. The van der Waals surface area contributed by atoms with E-state index in [1.807, 2.05) is 0 Å². The maximum absolute atomic E-state index is 12.8. The van der Waals surface area contributed by atoms with Crippen molar-refractivity contribution in [2.75, 3.05) is 41.0 Å². The van der Waals surface area contributed by atoms with E-state index in [1.165, 1.54) is 96.3 Å². The number of esters is 2. The van der Waals surface area contributed by atoms with Crippen LogP contribution in [-0.2, 0) is 28.6 Å². The van der Waals surface area contributed by atoms with Crippen LogP contribution in [0.3, 0.4) is 0 Å². The van der Waals surface area contributed by atoms with Gasteiger partial charge in [-0.05, 0) is 77.0 Å². The zero-order chi connectivity index (χ0) is 46.3. The molecule has 0 amide bonds. The van der Waals surface area contributed by atoms with E-state index in [9.17, 15) is 19.5 Å². The Bertz CT molecular complexity index is 1260. The summed E-state index contributed by atoms with van der Waals surface area (Å²) in [5, 5.41) is 11.7. The van der Waals surface area contributed by atoms with Crippen LogP contribution < -0.4 is 5.11 Å². The SMILES string of the molecule is CC/C=C/C/C=C/C/C=C/C/C=C/CCCCCCCCCC(=O)OC(COCCC(C(=O)[O-])[N+](C)(C)C)COC(=O)CCCCCCCCCCCC/C=C/C=C/CCCCC. The molecular weight excluding hydrogens is 787 g/mol. The number of carbonyl (C=O) groups excluding carboxylic acids is 3. The van der Waals surface area contributed by atoms with Crippen LogP contribution in [0.1, 0.15) is 206 Å². The number of hydrogen-bond donors (Lipinski definition) is 0. The van der Waals surface area contributed by atoms with Crippen molar-refractivity contribution in [2.45, 2.75) is 219 Å². The number of carboxylic acid groups (broad SMARTS) is 1. The van der Waals surface area contributed by atoms with Crippen molar-refractivity contribution in [2.24, 2.45) is 0 Å². The Morgan fingerprint density at radius 2 is 0.937 bits per heavy atom. The van der Waals surface area contributed by atoms with Gasteiger partial charge in [-0.25, -0.2) is 0 Å². The second kappa shape index (κ2) is 45.3. The molecule has 0 saturated heterocycles. The summed E-state index contributed by atoms with van der Waals surface area (Å²) in [7, 11) is 5.41. The molecule has 8 nitrogen and oxygen atoms in total. The van der Waals surface area contributed by atoms with Crippen molar-refractivity contribution < 1.29 is 38.2 Å². The molecule has 0 bridgehead atoms. The summed E-state index contributed by atoms with van der Waals surface area (Å²) in [6, 6.07) is -0.732. The molecule has 0 N–H and O–H groups in total. The number of quaternary nitrogens is 1. The van der Waals surface area contributed by atoms with Gasteiger partial charge in [0.05, 0.1) is 40.3 Å². The van der Waals surface area contributed by atoms with E-state index in [0.29, 0.717) is 12.8 Å². The third-order valence-electron chi connectivity index (χ3n) is 11.1. The first-order chi connectivity index (χ1) is 30.6. The molecule has 362 valence electrons. The lowest BCUT2D eigenvalue weighted by molar-refractivity contribution is -0.889. The van der Waals surface area contributed by atoms with Crippen molar-refractivity contribution in [1.29, 1.82) is 0 Å². The van der Waals surface area contributed by atoms with Crippen LogP contribution in [0.4, 0.5) is 0 Å². The average Bonchev–Trinajstić information content (AvgIpc) is 3.24. The molecule has 0 radical (unpaired) electrons. The molecule has 8 heteroatoms. The predicted octanol–water partition coefficient (Wildman–Crippen LogP) is 13.4.